The van der Waals surface area contributed by atoms with Crippen molar-refractivity contribution < 1.29 is 19.4 Å². The molecule has 0 heterocycles. The number of carbonyl (C=O) groups excluding carboxylic acids is 2. The van der Waals surface area contributed by atoms with Crippen molar-refractivity contribution >= 4 is 11.8 Å². The van der Waals surface area contributed by atoms with Crippen LogP contribution in [-0.4, -0.2) is 28.6 Å². The van der Waals surface area contributed by atoms with Crippen LogP contribution in [-0.2, 0) is 14.3 Å². The van der Waals surface area contributed by atoms with Crippen molar-refractivity contribution in [1.82, 2.24) is 0 Å². The summed E-state index contributed by atoms with van der Waals surface area (Å²) in [6, 6.07) is 0. The third kappa shape index (κ3) is 4.20. The monoisotopic (exact) mass is 500 g/mol. The predicted octanol–water partition coefficient (Wildman–Crippen LogP) is 6.97. The Kier molecular flexibility index (Phi) is 6.96. The maximum atomic E-state index is 13.0. The molecule has 0 aromatic rings. The molecular weight excluding hydrogens is 448 g/mol. The van der Waals surface area contributed by atoms with Crippen LogP contribution in [0.1, 0.15) is 119 Å². The molecule has 0 radical (unpaired) electrons. The summed E-state index contributed by atoms with van der Waals surface area (Å²) in [4.78, 5) is 24.9. The smallest absolute Gasteiger partial charge is 0.302 e. The highest BCUT2D eigenvalue weighted by Gasteiger charge is 2.69. The molecule has 36 heavy (non-hydrogen) atoms. The van der Waals surface area contributed by atoms with Crippen LogP contribution in [0, 0.1) is 58.2 Å². The van der Waals surface area contributed by atoms with Crippen LogP contribution in [0.25, 0.3) is 0 Å². The first-order chi connectivity index (χ1) is 16.9. The first kappa shape index (κ1) is 26.7. The molecule has 1 N–H and O–H groups in total. The van der Waals surface area contributed by atoms with Crippen molar-refractivity contribution in [3.63, 3.8) is 0 Å². The molecule has 5 fully saturated rings. The van der Waals surface area contributed by atoms with Crippen molar-refractivity contribution in [2.75, 3.05) is 0 Å². The molecule has 0 bridgehead atoms. The highest BCUT2D eigenvalue weighted by atomic mass is 16.5. The number of fused-ring (bicyclic) bond motifs is 4. The third-order valence-corrected chi connectivity index (χ3v) is 12.5. The van der Waals surface area contributed by atoms with Crippen LogP contribution in [0.2, 0.25) is 0 Å². The SMILES string of the molecule is CC(=O)O[C@@H]1CC[C@@]2(C)[C@@H]3[C@@H]1CC(=O)C[C@@]3(O)C[C@@H]1[C@@H]2CC[C@]2(C)[C@@H]([C@H](C)CCCC(C)C)CC[C@@H]12. The van der Waals surface area contributed by atoms with E-state index in [1.54, 1.807) is 0 Å². The standard InChI is InChI=1S/C32H52O4/c1-19(2)8-7-9-20(3)25-10-11-26-24-18-32(35)17-22(34)16-23-28(36-21(4)33)13-15-31(6,29(23)32)27(24)12-14-30(25,26)5/h19-20,23-29,35H,7-18H2,1-6H3/t20-,23-,24+,25-,26+,27+,28-,29+,30-,31-,32-/m1/s1. The maximum Gasteiger partial charge on any atom is 0.302 e. The number of hydrogen-bond acceptors (Lipinski definition) is 4. The molecule has 0 aliphatic heterocycles. The predicted molar refractivity (Wildman–Crippen MR) is 142 cm³/mol. The lowest BCUT2D eigenvalue weighted by Crippen LogP contribution is -2.68. The molecule has 5 aliphatic carbocycles. The van der Waals surface area contributed by atoms with Gasteiger partial charge in [0, 0.05) is 31.6 Å². The Morgan fingerprint density at radius 2 is 1.69 bits per heavy atom. The Morgan fingerprint density at radius 3 is 2.39 bits per heavy atom. The fourth-order valence-corrected chi connectivity index (χ4v) is 11.4. The molecule has 0 saturated heterocycles. The minimum Gasteiger partial charge on any atom is -0.462 e. The van der Waals surface area contributed by atoms with Gasteiger partial charge in [-0.3, -0.25) is 9.59 Å². The van der Waals surface area contributed by atoms with E-state index in [4.69, 9.17) is 4.74 Å². The van der Waals surface area contributed by atoms with Gasteiger partial charge in [0.05, 0.1) is 5.60 Å². The largest absolute Gasteiger partial charge is 0.462 e. The van der Waals surface area contributed by atoms with E-state index in [1.807, 2.05) is 0 Å². The Hall–Kier alpha value is -0.900. The van der Waals surface area contributed by atoms with E-state index in [0.717, 1.165) is 37.0 Å². The Balaban J connectivity index is 1.41. The third-order valence-electron chi connectivity index (χ3n) is 12.5. The Bertz CT molecular complexity index is 866. The number of rotatable bonds is 6. The number of carbonyl (C=O) groups is 2. The number of aliphatic hydroxyl groups is 1. The van der Waals surface area contributed by atoms with Gasteiger partial charge in [-0.1, -0.05) is 53.9 Å². The van der Waals surface area contributed by atoms with Gasteiger partial charge in [0.15, 0.2) is 0 Å². The van der Waals surface area contributed by atoms with Crippen LogP contribution in [0.4, 0.5) is 0 Å². The van der Waals surface area contributed by atoms with E-state index < -0.39 is 5.60 Å². The van der Waals surface area contributed by atoms with E-state index in [9.17, 15) is 14.7 Å². The number of esters is 1. The lowest BCUT2D eigenvalue weighted by molar-refractivity contribution is -0.249. The zero-order valence-electron chi connectivity index (χ0n) is 23.9. The summed E-state index contributed by atoms with van der Waals surface area (Å²) < 4.78 is 5.77. The van der Waals surface area contributed by atoms with E-state index in [2.05, 4.69) is 34.6 Å². The number of Topliss-reactive ketones (excluding diaryl/α,β-unsaturated/α-hetero) is 1. The molecular formula is C32H52O4. The van der Waals surface area contributed by atoms with Gasteiger partial charge in [-0.25, -0.2) is 0 Å². The first-order valence-corrected chi connectivity index (χ1v) is 15.3. The lowest BCUT2D eigenvalue weighted by atomic mass is 9.38. The summed E-state index contributed by atoms with van der Waals surface area (Å²) in [5.74, 6) is 4.09. The zero-order valence-corrected chi connectivity index (χ0v) is 23.9. The normalized spacial score (nSPS) is 48.7. The Labute approximate surface area is 219 Å². The van der Waals surface area contributed by atoms with Crippen molar-refractivity contribution in [2.45, 2.75) is 130 Å². The minimum absolute atomic E-state index is 0.0227. The fourth-order valence-electron chi connectivity index (χ4n) is 11.4. The highest BCUT2D eigenvalue weighted by molar-refractivity contribution is 5.81. The molecule has 0 amide bonds. The van der Waals surface area contributed by atoms with Crippen molar-refractivity contribution in [3.8, 4) is 0 Å². The van der Waals surface area contributed by atoms with E-state index in [1.165, 1.54) is 51.9 Å². The number of ketones is 1. The summed E-state index contributed by atoms with van der Waals surface area (Å²) in [6.45, 7) is 13.7. The zero-order chi connectivity index (χ0) is 26.0. The van der Waals surface area contributed by atoms with Gasteiger partial charge in [0.1, 0.15) is 11.9 Å². The highest BCUT2D eigenvalue weighted by Crippen LogP contribution is 2.72. The van der Waals surface area contributed by atoms with Crippen molar-refractivity contribution in [1.29, 1.82) is 0 Å². The summed E-state index contributed by atoms with van der Waals surface area (Å²) in [5, 5.41) is 12.3. The van der Waals surface area contributed by atoms with Crippen LogP contribution >= 0.6 is 0 Å². The van der Waals surface area contributed by atoms with E-state index in [-0.39, 0.29) is 35.1 Å². The average Bonchev–Trinajstić information content (AvgIpc) is 3.12. The maximum absolute atomic E-state index is 13.0. The quantitative estimate of drug-likeness (QED) is 0.400. The fraction of sp³-hybridized carbons (Fsp3) is 0.938. The van der Waals surface area contributed by atoms with Gasteiger partial charge >= 0.3 is 5.97 Å². The summed E-state index contributed by atoms with van der Waals surface area (Å²) in [6.07, 6.45) is 12.4. The van der Waals surface area contributed by atoms with Crippen LogP contribution in [0.5, 0.6) is 0 Å². The van der Waals surface area contributed by atoms with E-state index >= 15 is 0 Å². The molecule has 5 saturated carbocycles. The van der Waals surface area contributed by atoms with Crippen molar-refractivity contribution in [3.05, 3.63) is 0 Å². The lowest BCUT2D eigenvalue weighted by Gasteiger charge is -2.68. The van der Waals surface area contributed by atoms with Gasteiger partial charge in [0.25, 0.3) is 0 Å². The molecule has 5 aliphatic rings. The second-order valence-corrected chi connectivity index (χ2v) is 15.0. The summed E-state index contributed by atoms with van der Waals surface area (Å²) in [5.41, 5.74) is -0.541. The second kappa shape index (κ2) is 9.38. The molecule has 0 unspecified atom stereocenters. The number of hydrogen-bond donors (Lipinski definition) is 1. The van der Waals surface area contributed by atoms with Crippen LogP contribution < -0.4 is 0 Å². The molecule has 0 aromatic carbocycles. The van der Waals surface area contributed by atoms with Gasteiger partial charge in [-0.2, -0.15) is 0 Å². The van der Waals surface area contributed by atoms with Gasteiger partial charge in [-0.15, -0.1) is 0 Å². The topological polar surface area (TPSA) is 63.6 Å². The van der Waals surface area contributed by atoms with E-state index in [0.29, 0.717) is 36.0 Å². The molecule has 204 valence electrons. The van der Waals surface area contributed by atoms with Crippen LogP contribution in [0.3, 0.4) is 0 Å². The molecule has 4 nitrogen and oxygen atoms in total. The summed E-state index contributed by atoms with van der Waals surface area (Å²) in [7, 11) is 0. The first-order valence-electron chi connectivity index (χ1n) is 15.3. The molecule has 11 atom stereocenters. The van der Waals surface area contributed by atoms with Crippen LogP contribution in [0.15, 0.2) is 0 Å². The molecule has 0 aromatic heterocycles. The Morgan fingerprint density at radius 1 is 1.00 bits per heavy atom. The van der Waals surface area contributed by atoms with Gasteiger partial charge < -0.3 is 9.84 Å². The van der Waals surface area contributed by atoms with Gasteiger partial charge in [0.2, 0.25) is 0 Å². The second-order valence-electron chi connectivity index (χ2n) is 15.0. The minimum atomic E-state index is -0.937. The average molecular weight is 501 g/mol. The number of ether oxygens (including phenoxy) is 1. The molecule has 5 rings (SSSR count). The summed E-state index contributed by atoms with van der Waals surface area (Å²) >= 11 is 0. The van der Waals surface area contributed by atoms with Gasteiger partial charge in [-0.05, 0) is 91.3 Å². The molecule has 0 spiro atoms. The molecule has 4 heteroatoms. The van der Waals surface area contributed by atoms with Crippen molar-refractivity contribution in [2.24, 2.45) is 58.2 Å².